The van der Waals surface area contributed by atoms with Gasteiger partial charge in [-0.25, -0.2) is 0 Å². The third-order valence-corrected chi connectivity index (χ3v) is 2.43. The summed E-state index contributed by atoms with van der Waals surface area (Å²) in [6, 6.07) is 6.97. The first kappa shape index (κ1) is 14.5. The Morgan fingerprint density at radius 2 is 2.06 bits per heavy atom. The summed E-state index contributed by atoms with van der Waals surface area (Å²) in [6.45, 7) is 2.05. The lowest BCUT2D eigenvalue weighted by molar-refractivity contribution is -0.122. The minimum atomic E-state index is -0.0201. The molecule has 0 aliphatic heterocycles. The highest BCUT2D eigenvalue weighted by Crippen LogP contribution is 2.10. The van der Waals surface area contributed by atoms with Gasteiger partial charge in [-0.05, 0) is 24.7 Å². The van der Waals surface area contributed by atoms with E-state index in [0.29, 0.717) is 26.2 Å². The Balaban J connectivity index is 2.30. The molecule has 0 aliphatic rings. The van der Waals surface area contributed by atoms with E-state index in [9.17, 15) is 4.79 Å². The third kappa shape index (κ3) is 5.65. The minimum absolute atomic E-state index is 0.0201. The molecule has 0 atom stereocenters. The van der Waals surface area contributed by atoms with Crippen molar-refractivity contribution in [3.05, 3.63) is 29.8 Å². The van der Waals surface area contributed by atoms with Crippen LogP contribution < -0.4 is 5.32 Å². The average molecular weight is 252 g/mol. The van der Waals surface area contributed by atoms with Crippen molar-refractivity contribution in [3.8, 4) is 5.75 Å². The summed E-state index contributed by atoms with van der Waals surface area (Å²) in [6.07, 6.45) is 0. The van der Waals surface area contributed by atoms with E-state index in [1.807, 2.05) is 24.1 Å². The fraction of sp³-hybridized carbons (Fsp3) is 0.462. The van der Waals surface area contributed by atoms with Crippen molar-refractivity contribution >= 4 is 5.91 Å². The van der Waals surface area contributed by atoms with Crippen LogP contribution in [0.2, 0.25) is 0 Å². The molecule has 0 fully saturated rings. The zero-order chi connectivity index (χ0) is 13.4. The summed E-state index contributed by atoms with van der Waals surface area (Å²) in [5, 5.41) is 11.9. The van der Waals surface area contributed by atoms with Crippen molar-refractivity contribution in [2.45, 2.75) is 6.54 Å². The van der Waals surface area contributed by atoms with Crippen molar-refractivity contribution in [1.29, 1.82) is 0 Å². The van der Waals surface area contributed by atoms with E-state index < -0.39 is 0 Å². The Hall–Kier alpha value is -1.59. The number of nitrogens with zero attached hydrogens (tertiary/aromatic N) is 1. The number of nitrogens with one attached hydrogen (secondary N) is 1. The number of benzene rings is 1. The van der Waals surface area contributed by atoms with Crippen LogP contribution in [0.15, 0.2) is 24.3 Å². The van der Waals surface area contributed by atoms with Crippen LogP contribution in [0, 0.1) is 0 Å². The van der Waals surface area contributed by atoms with E-state index in [2.05, 4.69) is 5.32 Å². The number of phenols is 1. The number of likely N-dealkylation sites (N-methyl/N-ethyl adjacent to an activating group) is 1. The fourth-order valence-electron chi connectivity index (χ4n) is 1.56. The summed E-state index contributed by atoms with van der Waals surface area (Å²) in [5.74, 6) is 0.229. The van der Waals surface area contributed by atoms with Gasteiger partial charge in [0.15, 0.2) is 0 Å². The predicted molar refractivity (Wildman–Crippen MR) is 69.3 cm³/mol. The molecule has 0 heterocycles. The minimum Gasteiger partial charge on any atom is -0.508 e. The molecule has 1 aromatic carbocycles. The first-order valence-corrected chi connectivity index (χ1v) is 5.84. The van der Waals surface area contributed by atoms with Crippen LogP contribution >= 0.6 is 0 Å². The van der Waals surface area contributed by atoms with Gasteiger partial charge in [-0.3, -0.25) is 9.69 Å². The molecule has 5 heteroatoms. The van der Waals surface area contributed by atoms with Crippen molar-refractivity contribution in [1.82, 2.24) is 10.2 Å². The molecule has 0 radical (unpaired) electrons. The topological polar surface area (TPSA) is 61.8 Å². The zero-order valence-electron chi connectivity index (χ0n) is 10.8. The zero-order valence-corrected chi connectivity index (χ0v) is 10.8. The normalized spacial score (nSPS) is 10.6. The summed E-state index contributed by atoms with van der Waals surface area (Å²) >= 11 is 0. The van der Waals surface area contributed by atoms with Gasteiger partial charge >= 0.3 is 0 Å². The molecule has 0 saturated carbocycles. The Kier molecular flexibility index (Phi) is 6.18. The van der Waals surface area contributed by atoms with Gasteiger partial charge in [-0.15, -0.1) is 0 Å². The number of methoxy groups -OCH3 is 1. The van der Waals surface area contributed by atoms with Crippen molar-refractivity contribution in [2.75, 3.05) is 33.9 Å². The fourth-order valence-corrected chi connectivity index (χ4v) is 1.56. The van der Waals surface area contributed by atoms with Crippen molar-refractivity contribution in [3.63, 3.8) is 0 Å². The number of rotatable bonds is 7. The van der Waals surface area contributed by atoms with Crippen LogP contribution in [0.25, 0.3) is 0 Å². The monoisotopic (exact) mass is 252 g/mol. The maximum atomic E-state index is 11.5. The van der Waals surface area contributed by atoms with Gasteiger partial charge in [0.1, 0.15) is 5.75 Å². The number of carbonyl (C=O) groups excluding carboxylic acids is 1. The highest BCUT2D eigenvalue weighted by molar-refractivity contribution is 5.77. The number of aromatic hydroxyl groups is 1. The van der Waals surface area contributed by atoms with Gasteiger partial charge in [-0.2, -0.15) is 0 Å². The summed E-state index contributed by atoms with van der Waals surface area (Å²) in [5.41, 5.74) is 1.06. The lowest BCUT2D eigenvalue weighted by Gasteiger charge is -2.16. The van der Waals surface area contributed by atoms with Crippen LogP contribution in [0.4, 0.5) is 0 Å². The molecule has 18 heavy (non-hydrogen) atoms. The lowest BCUT2D eigenvalue weighted by Crippen LogP contribution is -2.36. The molecule has 0 spiro atoms. The van der Waals surface area contributed by atoms with Crippen molar-refractivity contribution in [2.24, 2.45) is 0 Å². The number of phenolic OH excluding ortho intramolecular Hbond substituents is 1. The lowest BCUT2D eigenvalue weighted by atomic mass is 10.2. The second kappa shape index (κ2) is 7.68. The molecule has 0 aliphatic carbocycles. The summed E-state index contributed by atoms with van der Waals surface area (Å²) in [4.78, 5) is 13.4. The highest BCUT2D eigenvalue weighted by Gasteiger charge is 2.06. The second-order valence-corrected chi connectivity index (χ2v) is 4.18. The first-order chi connectivity index (χ1) is 8.61. The quantitative estimate of drug-likeness (QED) is 0.697. The van der Waals surface area contributed by atoms with E-state index >= 15 is 0 Å². The van der Waals surface area contributed by atoms with Crippen LogP contribution in [-0.2, 0) is 16.1 Å². The van der Waals surface area contributed by atoms with E-state index in [4.69, 9.17) is 9.84 Å². The Bertz CT molecular complexity index is 365. The Morgan fingerprint density at radius 1 is 1.39 bits per heavy atom. The predicted octanol–water partition coefficient (Wildman–Crippen LogP) is 0.587. The number of amides is 1. The molecule has 100 valence electrons. The van der Waals surface area contributed by atoms with Gasteiger partial charge in [0, 0.05) is 20.2 Å². The molecule has 0 saturated heterocycles. The largest absolute Gasteiger partial charge is 0.508 e. The molecule has 0 aromatic heterocycles. The van der Waals surface area contributed by atoms with Gasteiger partial charge in [0.05, 0.1) is 13.2 Å². The third-order valence-electron chi connectivity index (χ3n) is 2.43. The molecular formula is C13H20N2O3. The Labute approximate surface area is 107 Å². The maximum Gasteiger partial charge on any atom is 0.234 e. The SMILES string of the molecule is COCCNC(=O)CN(C)Cc1ccc(O)cc1. The maximum absolute atomic E-state index is 11.5. The van der Waals surface area contributed by atoms with Gasteiger partial charge in [0.25, 0.3) is 0 Å². The smallest absolute Gasteiger partial charge is 0.234 e. The van der Waals surface area contributed by atoms with Crippen LogP contribution in [0.3, 0.4) is 0 Å². The Morgan fingerprint density at radius 3 is 2.67 bits per heavy atom. The number of carbonyl (C=O) groups is 1. The van der Waals surface area contributed by atoms with Gasteiger partial charge in [0.2, 0.25) is 5.91 Å². The molecule has 5 nitrogen and oxygen atoms in total. The number of hydrogen-bond donors (Lipinski definition) is 2. The van der Waals surface area contributed by atoms with E-state index in [1.54, 1.807) is 19.2 Å². The molecule has 1 amide bonds. The van der Waals surface area contributed by atoms with Crippen LogP contribution in [0.5, 0.6) is 5.75 Å². The molecule has 0 bridgehead atoms. The van der Waals surface area contributed by atoms with E-state index in [1.165, 1.54) is 0 Å². The van der Waals surface area contributed by atoms with Gasteiger partial charge in [-0.1, -0.05) is 12.1 Å². The first-order valence-electron chi connectivity index (χ1n) is 5.84. The van der Waals surface area contributed by atoms with Gasteiger partial charge < -0.3 is 15.2 Å². The highest BCUT2D eigenvalue weighted by atomic mass is 16.5. The standard InChI is InChI=1S/C13H20N2O3/c1-15(10-13(17)14-7-8-18-2)9-11-3-5-12(16)6-4-11/h3-6,16H,7-10H2,1-2H3,(H,14,17). The van der Waals surface area contributed by atoms with Crippen LogP contribution in [0.1, 0.15) is 5.56 Å². The molecule has 1 rings (SSSR count). The number of ether oxygens (including phenoxy) is 1. The summed E-state index contributed by atoms with van der Waals surface area (Å²) in [7, 11) is 3.48. The molecule has 0 unspecified atom stereocenters. The van der Waals surface area contributed by atoms with E-state index in [-0.39, 0.29) is 11.7 Å². The second-order valence-electron chi connectivity index (χ2n) is 4.18. The van der Waals surface area contributed by atoms with Crippen molar-refractivity contribution < 1.29 is 14.6 Å². The number of hydrogen-bond acceptors (Lipinski definition) is 4. The van der Waals surface area contributed by atoms with Crippen LogP contribution in [-0.4, -0.2) is 49.8 Å². The average Bonchev–Trinajstić information content (AvgIpc) is 2.32. The summed E-state index contributed by atoms with van der Waals surface area (Å²) < 4.78 is 4.85. The van der Waals surface area contributed by atoms with E-state index in [0.717, 1.165) is 5.56 Å². The molecule has 2 N–H and O–H groups in total. The molecule has 1 aromatic rings. The molecular weight excluding hydrogens is 232 g/mol.